The number of nitrogens with one attached hydrogen (secondary N) is 3. The molecule has 0 bridgehead atoms. The van der Waals surface area contributed by atoms with Gasteiger partial charge in [0.15, 0.2) is 0 Å². The molecule has 298 valence electrons. The Morgan fingerprint density at radius 1 is 0.483 bits per heavy atom. The number of benzene rings is 6. The monoisotopic (exact) mass is 770 g/mol. The van der Waals surface area contributed by atoms with Gasteiger partial charge >= 0.3 is 0 Å². The summed E-state index contributed by atoms with van der Waals surface area (Å²) in [5.74, 6) is 0.583. The molecule has 0 aliphatic rings. The molecule has 0 radical (unpaired) electrons. The van der Waals surface area contributed by atoms with Crippen molar-refractivity contribution in [2.45, 2.75) is 79.3 Å². The second-order valence-corrected chi connectivity index (χ2v) is 17.4. The van der Waals surface area contributed by atoms with Crippen molar-refractivity contribution in [3.05, 3.63) is 174 Å². The fraction of sp³-hybridized carbons (Fsp3) is 0.231. The Morgan fingerprint density at radius 3 is 1.10 bits per heavy atom. The third-order valence-electron chi connectivity index (χ3n) is 10.3. The molecule has 0 saturated heterocycles. The molecule has 58 heavy (non-hydrogen) atoms. The number of rotatable bonds is 13. The van der Waals surface area contributed by atoms with Crippen LogP contribution >= 0.6 is 0 Å². The van der Waals surface area contributed by atoms with Crippen LogP contribution in [0.2, 0.25) is 0 Å². The van der Waals surface area contributed by atoms with E-state index in [0.717, 1.165) is 84.3 Å². The van der Waals surface area contributed by atoms with E-state index in [1.807, 2.05) is 44.2 Å². The van der Waals surface area contributed by atoms with Crippen LogP contribution in [0.4, 0.5) is 39.8 Å². The topological polar surface area (TPSA) is 79.8 Å². The summed E-state index contributed by atoms with van der Waals surface area (Å²) in [5.41, 5.74) is 13.7. The summed E-state index contributed by atoms with van der Waals surface area (Å²) in [6.07, 6.45) is 0. The van der Waals surface area contributed by atoms with E-state index < -0.39 is 0 Å². The normalized spacial score (nSPS) is 11.5. The quantitative estimate of drug-likeness (QED) is 0.0805. The first-order valence-corrected chi connectivity index (χ1v) is 19.9. The van der Waals surface area contributed by atoms with Crippen LogP contribution in [0.15, 0.2) is 141 Å². The summed E-state index contributed by atoms with van der Waals surface area (Å²) >= 11 is 0. The highest BCUT2D eigenvalue weighted by Gasteiger charge is 2.25. The number of para-hydroxylation sites is 1. The molecule has 0 unspecified atom stereocenters. The summed E-state index contributed by atoms with van der Waals surface area (Å²) in [5, 5.41) is 33.1. The third-order valence-corrected chi connectivity index (χ3v) is 10.3. The zero-order valence-corrected chi connectivity index (χ0v) is 35.3. The van der Waals surface area contributed by atoms with Gasteiger partial charge in [0.25, 0.3) is 0 Å². The SMILES string of the molecule is C=C(C)c1cc(CN(Cc2cc(C(=C)C)c(O)c(C(C)(C)C)c2)c2ccc(Nc3ccc(Nc4ccc(Nc5ccccc5)cc4)cc3)cc2)cc(C(C)(C)C)c1O. The minimum absolute atomic E-state index is 0.266. The van der Waals surface area contributed by atoms with Gasteiger partial charge in [-0.05, 0) is 156 Å². The minimum atomic E-state index is -0.266. The summed E-state index contributed by atoms with van der Waals surface area (Å²) in [4.78, 5) is 2.34. The number of aromatic hydroxyl groups is 2. The lowest BCUT2D eigenvalue weighted by molar-refractivity contribution is 0.444. The Morgan fingerprint density at radius 2 is 0.793 bits per heavy atom. The number of phenolic OH excluding ortho intramolecular Hbond substituents is 2. The van der Waals surface area contributed by atoms with Crippen LogP contribution in [0.25, 0.3) is 11.1 Å². The number of hydrogen-bond acceptors (Lipinski definition) is 6. The fourth-order valence-electron chi connectivity index (χ4n) is 7.10. The lowest BCUT2D eigenvalue weighted by Gasteiger charge is -2.29. The molecular formula is C52H58N4O2. The lowest BCUT2D eigenvalue weighted by atomic mass is 9.83. The van der Waals surface area contributed by atoms with E-state index in [4.69, 9.17) is 0 Å². The van der Waals surface area contributed by atoms with Crippen molar-refractivity contribution in [2.24, 2.45) is 0 Å². The zero-order valence-electron chi connectivity index (χ0n) is 35.3. The van der Waals surface area contributed by atoms with Crippen LogP contribution in [0.1, 0.15) is 88.8 Å². The van der Waals surface area contributed by atoms with Crippen LogP contribution < -0.4 is 20.9 Å². The first-order chi connectivity index (χ1) is 27.4. The summed E-state index contributed by atoms with van der Waals surface area (Å²) in [7, 11) is 0. The van der Waals surface area contributed by atoms with Gasteiger partial charge in [0, 0.05) is 75.2 Å². The van der Waals surface area contributed by atoms with Crippen molar-refractivity contribution in [3.8, 4) is 11.5 Å². The number of phenols is 2. The van der Waals surface area contributed by atoms with E-state index in [9.17, 15) is 10.2 Å². The highest BCUT2D eigenvalue weighted by Crippen LogP contribution is 2.40. The van der Waals surface area contributed by atoms with E-state index in [1.165, 1.54) is 0 Å². The van der Waals surface area contributed by atoms with Gasteiger partial charge in [-0.1, -0.05) is 72.9 Å². The average molecular weight is 771 g/mol. The maximum Gasteiger partial charge on any atom is 0.126 e. The Balaban J connectivity index is 1.24. The van der Waals surface area contributed by atoms with E-state index in [-0.39, 0.29) is 10.8 Å². The van der Waals surface area contributed by atoms with Crippen LogP contribution in [0, 0.1) is 0 Å². The van der Waals surface area contributed by atoms with Crippen LogP contribution in [0.3, 0.4) is 0 Å². The molecule has 6 aromatic rings. The third kappa shape index (κ3) is 10.1. The molecule has 6 rings (SSSR count). The summed E-state index contributed by atoms with van der Waals surface area (Å²) in [6.45, 7) is 26.1. The molecule has 0 saturated carbocycles. The van der Waals surface area contributed by atoms with Crippen molar-refractivity contribution in [1.29, 1.82) is 0 Å². The standard InChI is InChI=1S/C52H58N4O2/c1-34(2)45-28-36(30-47(49(45)57)51(5,6)7)32-56(33-37-29-46(35(3)4)50(58)48(31-37)52(8,9)10)44-26-24-43(25-27-44)55-42-22-20-41(21-23-42)54-40-18-16-39(17-19-40)53-38-14-12-11-13-15-38/h11-31,53-55,57-58H,1,3,32-33H2,2,4-10H3. The van der Waals surface area contributed by atoms with Crippen LogP contribution in [-0.2, 0) is 23.9 Å². The maximum atomic E-state index is 11.3. The van der Waals surface area contributed by atoms with Crippen molar-refractivity contribution in [2.75, 3.05) is 20.9 Å². The Hall–Kier alpha value is -6.40. The van der Waals surface area contributed by atoms with Crippen LogP contribution in [-0.4, -0.2) is 10.2 Å². The first-order valence-electron chi connectivity index (χ1n) is 19.9. The average Bonchev–Trinajstić information content (AvgIpc) is 3.17. The molecular weight excluding hydrogens is 713 g/mol. The van der Waals surface area contributed by atoms with Crippen molar-refractivity contribution in [1.82, 2.24) is 0 Å². The number of nitrogens with zero attached hydrogens (tertiary/aromatic N) is 1. The summed E-state index contributed by atoms with van der Waals surface area (Å²) < 4.78 is 0. The molecule has 0 heterocycles. The van der Waals surface area contributed by atoms with Gasteiger partial charge in [-0.25, -0.2) is 0 Å². The molecule has 0 aromatic heterocycles. The van der Waals surface area contributed by atoms with E-state index in [0.29, 0.717) is 24.6 Å². The minimum Gasteiger partial charge on any atom is -0.507 e. The smallest absolute Gasteiger partial charge is 0.126 e. The van der Waals surface area contributed by atoms with Gasteiger partial charge in [-0.2, -0.15) is 0 Å². The molecule has 0 aliphatic carbocycles. The molecule has 0 atom stereocenters. The van der Waals surface area contributed by atoms with Crippen LogP contribution in [0.5, 0.6) is 11.5 Å². The summed E-state index contributed by atoms with van der Waals surface area (Å²) in [6, 6.07) is 43.6. The second kappa shape index (κ2) is 17.0. The van der Waals surface area contributed by atoms with Gasteiger partial charge in [-0.15, -0.1) is 0 Å². The number of anilines is 7. The molecule has 0 amide bonds. The van der Waals surface area contributed by atoms with E-state index >= 15 is 0 Å². The second-order valence-electron chi connectivity index (χ2n) is 17.4. The molecule has 0 spiro atoms. The predicted octanol–water partition coefficient (Wildman–Crippen LogP) is 14.2. The number of hydrogen-bond donors (Lipinski definition) is 5. The molecule has 6 nitrogen and oxygen atoms in total. The van der Waals surface area contributed by atoms with Gasteiger partial charge < -0.3 is 31.1 Å². The Labute approximate surface area is 345 Å². The van der Waals surface area contributed by atoms with Crippen molar-refractivity contribution in [3.63, 3.8) is 0 Å². The Kier molecular flexibility index (Phi) is 12.1. The highest BCUT2D eigenvalue weighted by molar-refractivity contribution is 5.73. The molecule has 0 aliphatic heterocycles. The maximum absolute atomic E-state index is 11.3. The highest BCUT2D eigenvalue weighted by atomic mass is 16.3. The van der Waals surface area contributed by atoms with E-state index in [2.05, 4.69) is 173 Å². The van der Waals surface area contributed by atoms with Crippen molar-refractivity contribution >= 4 is 51.0 Å². The lowest BCUT2D eigenvalue weighted by Crippen LogP contribution is -2.23. The zero-order chi connectivity index (χ0) is 41.8. The molecule has 6 heteroatoms. The van der Waals surface area contributed by atoms with Gasteiger partial charge in [0.2, 0.25) is 0 Å². The van der Waals surface area contributed by atoms with E-state index in [1.54, 1.807) is 0 Å². The van der Waals surface area contributed by atoms with Crippen molar-refractivity contribution < 1.29 is 10.2 Å². The molecule has 0 fully saturated rings. The number of allylic oxidation sites excluding steroid dienone is 2. The van der Waals surface area contributed by atoms with Gasteiger partial charge in [-0.3, -0.25) is 0 Å². The predicted molar refractivity (Wildman–Crippen MR) is 249 cm³/mol. The fourth-order valence-corrected chi connectivity index (χ4v) is 7.10. The first kappa shape index (κ1) is 41.2. The van der Waals surface area contributed by atoms with Gasteiger partial charge in [0.1, 0.15) is 11.5 Å². The Bertz CT molecular complexity index is 2300. The molecule has 6 aromatic carbocycles. The molecule has 5 N–H and O–H groups in total. The van der Waals surface area contributed by atoms with Gasteiger partial charge in [0.05, 0.1) is 0 Å². The largest absolute Gasteiger partial charge is 0.507 e.